The minimum atomic E-state index is 0.251. The molecule has 3 aliphatic heterocycles. The van der Waals surface area contributed by atoms with E-state index in [1.54, 1.807) is 0 Å². The van der Waals surface area contributed by atoms with E-state index in [4.69, 9.17) is 9.72 Å². The molecule has 5 aliphatic rings. The summed E-state index contributed by atoms with van der Waals surface area (Å²) >= 11 is 0. The molecule has 6 rings (SSSR count). The zero-order chi connectivity index (χ0) is 16.5. The molecule has 0 bridgehead atoms. The monoisotopic (exact) mass is 340 g/mol. The predicted octanol–water partition coefficient (Wildman–Crippen LogP) is 1.07. The van der Waals surface area contributed by atoms with Crippen molar-refractivity contribution < 1.29 is 9.53 Å². The van der Waals surface area contributed by atoms with E-state index in [9.17, 15) is 4.79 Å². The maximum Gasteiger partial charge on any atom is 0.226 e. The molecule has 6 nitrogen and oxygen atoms in total. The minimum Gasteiger partial charge on any atom is -0.381 e. The fourth-order valence-electron chi connectivity index (χ4n) is 5.63. The van der Waals surface area contributed by atoms with Crippen LogP contribution in [0.1, 0.15) is 30.0 Å². The Labute approximate surface area is 147 Å². The number of carbonyl (C=O) groups excluding carboxylic acids is 1. The van der Waals surface area contributed by atoms with Crippen LogP contribution in [0.15, 0.2) is 6.20 Å². The number of fused-ring (bicyclic) bond motifs is 4. The van der Waals surface area contributed by atoms with Crippen LogP contribution in [0.2, 0.25) is 0 Å². The van der Waals surface area contributed by atoms with Crippen molar-refractivity contribution in [1.82, 2.24) is 14.9 Å². The highest BCUT2D eigenvalue weighted by Gasteiger charge is 2.60. The largest absolute Gasteiger partial charge is 0.381 e. The number of hydrogen-bond donors (Lipinski definition) is 0. The van der Waals surface area contributed by atoms with Gasteiger partial charge in [-0.25, -0.2) is 9.97 Å². The van der Waals surface area contributed by atoms with E-state index in [1.165, 1.54) is 24.1 Å². The van der Waals surface area contributed by atoms with Gasteiger partial charge in [0.25, 0.3) is 0 Å². The van der Waals surface area contributed by atoms with Crippen LogP contribution in [-0.2, 0) is 16.0 Å². The number of hydrogen-bond acceptors (Lipinski definition) is 5. The fourth-order valence-corrected chi connectivity index (χ4v) is 5.63. The van der Waals surface area contributed by atoms with Crippen LogP contribution in [0.4, 0.5) is 5.95 Å². The molecule has 3 unspecified atom stereocenters. The normalized spacial score (nSPS) is 38.0. The van der Waals surface area contributed by atoms with Crippen molar-refractivity contribution in [3.63, 3.8) is 0 Å². The summed E-state index contributed by atoms with van der Waals surface area (Å²) in [6.45, 7) is 5.51. The summed E-state index contributed by atoms with van der Waals surface area (Å²) < 4.78 is 5.43. The molecule has 0 spiro atoms. The Balaban J connectivity index is 1.18. The van der Waals surface area contributed by atoms with E-state index in [-0.39, 0.29) is 5.92 Å². The second-order valence-electron chi connectivity index (χ2n) is 8.47. The zero-order valence-corrected chi connectivity index (χ0v) is 14.4. The average molecular weight is 340 g/mol. The number of ether oxygens (including phenoxy) is 1. The first kappa shape index (κ1) is 14.5. The van der Waals surface area contributed by atoms with Gasteiger partial charge in [0.15, 0.2) is 0 Å². The van der Waals surface area contributed by atoms with Crippen LogP contribution in [-0.4, -0.2) is 60.2 Å². The number of aromatic nitrogens is 2. The summed E-state index contributed by atoms with van der Waals surface area (Å²) in [4.78, 5) is 26.8. The summed E-state index contributed by atoms with van der Waals surface area (Å²) in [5.74, 6) is 3.54. The van der Waals surface area contributed by atoms with Crippen LogP contribution in [0.3, 0.4) is 0 Å². The molecular weight excluding hydrogens is 316 g/mol. The van der Waals surface area contributed by atoms with E-state index in [0.29, 0.717) is 29.6 Å². The first-order valence-electron chi connectivity index (χ1n) is 9.77. The van der Waals surface area contributed by atoms with E-state index < -0.39 is 0 Å². The molecular formula is C19H24N4O2. The Morgan fingerprint density at radius 2 is 1.96 bits per heavy atom. The van der Waals surface area contributed by atoms with Crippen molar-refractivity contribution >= 4 is 11.9 Å². The van der Waals surface area contributed by atoms with E-state index in [2.05, 4.69) is 14.8 Å². The summed E-state index contributed by atoms with van der Waals surface area (Å²) in [6, 6.07) is 0. The van der Waals surface area contributed by atoms with Gasteiger partial charge in [-0.1, -0.05) is 0 Å². The quantitative estimate of drug-likeness (QED) is 0.806. The van der Waals surface area contributed by atoms with Gasteiger partial charge in [0, 0.05) is 49.9 Å². The Hall–Kier alpha value is -1.69. The SMILES string of the molecule is O=C(C1[C@H]2COC[C@@H]12)N1CC2Cc3nc(N4CCCC4)ncc3C2C1. The Kier molecular flexibility index (Phi) is 2.99. The molecule has 5 atom stereocenters. The number of anilines is 1. The lowest BCUT2D eigenvalue weighted by molar-refractivity contribution is -0.133. The van der Waals surface area contributed by atoms with Gasteiger partial charge in [-0.15, -0.1) is 0 Å². The number of likely N-dealkylation sites (tertiary alicyclic amines) is 1. The maximum atomic E-state index is 12.8. The Morgan fingerprint density at radius 3 is 2.76 bits per heavy atom. The summed E-state index contributed by atoms with van der Waals surface area (Å²) in [5.41, 5.74) is 2.53. The first-order valence-corrected chi connectivity index (χ1v) is 9.77. The highest BCUT2D eigenvalue weighted by molar-refractivity contribution is 5.83. The van der Waals surface area contributed by atoms with Crippen LogP contribution in [0, 0.1) is 23.7 Å². The second kappa shape index (κ2) is 5.16. The molecule has 1 aromatic rings. The van der Waals surface area contributed by atoms with Gasteiger partial charge in [0.1, 0.15) is 0 Å². The predicted molar refractivity (Wildman–Crippen MR) is 91.3 cm³/mol. The molecule has 25 heavy (non-hydrogen) atoms. The molecule has 0 radical (unpaired) electrons. The van der Waals surface area contributed by atoms with E-state index >= 15 is 0 Å². The molecule has 1 amide bonds. The van der Waals surface area contributed by atoms with Gasteiger partial charge < -0.3 is 14.5 Å². The Morgan fingerprint density at radius 1 is 1.16 bits per heavy atom. The summed E-state index contributed by atoms with van der Waals surface area (Å²) in [5, 5.41) is 0. The molecule has 0 N–H and O–H groups in total. The zero-order valence-electron chi connectivity index (χ0n) is 14.4. The van der Waals surface area contributed by atoms with Crippen LogP contribution < -0.4 is 4.90 Å². The van der Waals surface area contributed by atoms with E-state index in [1.807, 2.05) is 6.20 Å². The molecule has 1 aromatic heterocycles. The molecule has 132 valence electrons. The Bertz CT molecular complexity index is 722. The lowest BCUT2D eigenvalue weighted by atomic mass is 9.98. The van der Waals surface area contributed by atoms with Crippen LogP contribution >= 0.6 is 0 Å². The van der Waals surface area contributed by atoms with Gasteiger partial charge in [-0.3, -0.25) is 4.79 Å². The van der Waals surface area contributed by atoms with E-state index in [0.717, 1.165) is 51.8 Å². The van der Waals surface area contributed by atoms with Crippen LogP contribution in [0.25, 0.3) is 0 Å². The highest BCUT2D eigenvalue weighted by Crippen LogP contribution is 2.53. The number of rotatable bonds is 2. The molecule has 4 fully saturated rings. The summed E-state index contributed by atoms with van der Waals surface area (Å²) in [7, 11) is 0. The van der Waals surface area contributed by atoms with Crippen molar-refractivity contribution in [2.75, 3.05) is 44.3 Å². The van der Waals surface area contributed by atoms with Crippen molar-refractivity contribution in [3.8, 4) is 0 Å². The number of nitrogens with zero attached hydrogens (tertiary/aromatic N) is 4. The van der Waals surface area contributed by atoms with Gasteiger partial charge in [-0.2, -0.15) is 0 Å². The molecule has 1 saturated carbocycles. The number of carbonyl (C=O) groups is 1. The van der Waals surface area contributed by atoms with Crippen LogP contribution in [0.5, 0.6) is 0 Å². The topological polar surface area (TPSA) is 58.6 Å². The van der Waals surface area contributed by atoms with Gasteiger partial charge in [0.05, 0.1) is 13.2 Å². The van der Waals surface area contributed by atoms with Crippen molar-refractivity contribution in [1.29, 1.82) is 0 Å². The third-order valence-corrected chi connectivity index (χ3v) is 7.12. The third-order valence-electron chi connectivity index (χ3n) is 7.12. The minimum absolute atomic E-state index is 0.251. The first-order chi connectivity index (χ1) is 12.3. The van der Waals surface area contributed by atoms with Crippen molar-refractivity contribution in [2.45, 2.75) is 25.2 Å². The molecule has 6 heteroatoms. The van der Waals surface area contributed by atoms with Crippen molar-refractivity contribution in [3.05, 3.63) is 17.5 Å². The third kappa shape index (κ3) is 2.09. The average Bonchev–Trinajstić information content (AvgIpc) is 3.20. The fraction of sp³-hybridized carbons (Fsp3) is 0.737. The second-order valence-corrected chi connectivity index (χ2v) is 8.47. The standard InChI is InChI=1S/C19H24N4O2/c24-18(17-14-9-25-10-15(14)17)23-7-11-5-16-12(13(11)8-23)6-20-19(21-16)22-3-1-2-4-22/h6,11,13-15,17H,1-5,7-10H2/t11?,13?,14-,15+,17?. The molecule has 3 saturated heterocycles. The summed E-state index contributed by atoms with van der Waals surface area (Å²) in [6.07, 6.45) is 5.55. The van der Waals surface area contributed by atoms with Gasteiger partial charge >= 0.3 is 0 Å². The molecule has 4 heterocycles. The smallest absolute Gasteiger partial charge is 0.226 e. The van der Waals surface area contributed by atoms with Gasteiger partial charge in [-0.05, 0) is 42.6 Å². The maximum absolute atomic E-state index is 12.8. The highest BCUT2D eigenvalue weighted by atomic mass is 16.5. The van der Waals surface area contributed by atoms with Gasteiger partial charge in [0.2, 0.25) is 11.9 Å². The molecule has 0 aromatic carbocycles. The molecule has 2 aliphatic carbocycles. The van der Waals surface area contributed by atoms with Crippen molar-refractivity contribution in [2.24, 2.45) is 23.7 Å². The lowest BCUT2D eigenvalue weighted by Crippen LogP contribution is -2.32. The number of amides is 1. The lowest BCUT2D eigenvalue weighted by Gasteiger charge is -2.20.